The van der Waals surface area contributed by atoms with Crippen molar-refractivity contribution < 1.29 is 9.53 Å². The van der Waals surface area contributed by atoms with Gasteiger partial charge >= 0.3 is 0 Å². The van der Waals surface area contributed by atoms with E-state index in [9.17, 15) is 9.59 Å². The van der Waals surface area contributed by atoms with Crippen molar-refractivity contribution in [2.24, 2.45) is 0 Å². The maximum absolute atomic E-state index is 12.9. The van der Waals surface area contributed by atoms with E-state index in [1.165, 1.54) is 11.8 Å². The van der Waals surface area contributed by atoms with Crippen molar-refractivity contribution in [2.75, 3.05) is 19.5 Å². The van der Waals surface area contributed by atoms with Gasteiger partial charge < -0.3 is 10.1 Å². The van der Waals surface area contributed by atoms with E-state index < -0.39 is 0 Å². The fraction of sp³-hybridized carbons (Fsp3) is 0.318. The Morgan fingerprint density at radius 2 is 1.97 bits per heavy atom. The van der Waals surface area contributed by atoms with E-state index in [1.807, 2.05) is 37.3 Å². The van der Waals surface area contributed by atoms with Gasteiger partial charge in [0.05, 0.1) is 22.7 Å². The van der Waals surface area contributed by atoms with Crippen LogP contribution in [0.3, 0.4) is 0 Å². The number of carbonyl (C=O) groups is 1. The molecule has 0 fully saturated rings. The summed E-state index contributed by atoms with van der Waals surface area (Å²) in [5.41, 5.74) is 1.37. The fourth-order valence-corrected chi connectivity index (χ4v) is 4.28. The molecule has 3 rings (SSSR count). The molecule has 0 aliphatic carbocycles. The van der Waals surface area contributed by atoms with Crippen LogP contribution in [0.5, 0.6) is 0 Å². The Balaban J connectivity index is 1.75. The first-order valence-corrected chi connectivity index (χ1v) is 11.0. The monoisotopic (exact) mass is 445 g/mol. The van der Waals surface area contributed by atoms with E-state index in [-0.39, 0.29) is 23.3 Å². The molecule has 0 spiro atoms. The summed E-state index contributed by atoms with van der Waals surface area (Å²) in [7, 11) is 1.63. The average Bonchev–Trinajstić information content (AvgIpc) is 2.74. The first-order chi connectivity index (χ1) is 14.5. The summed E-state index contributed by atoms with van der Waals surface area (Å²) >= 11 is 7.46. The van der Waals surface area contributed by atoms with Crippen molar-refractivity contribution in [3.63, 3.8) is 0 Å². The third-order valence-corrected chi connectivity index (χ3v) is 5.96. The molecular weight excluding hydrogens is 422 g/mol. The van der Waals surface area contributed by atoms with E-state index in [2.05, 4.69) is 10.3 Å². The molecule has 0 radical (unpaired) electrons. The number of rotatable bonds is 9. The number of ether oxygens (including phenoxy) is 1. The Bertz CT molecular complexity index is 1090. The molecule has 30 heavy (non-hydrogen) atoms. The zero-order valence-electron chi connectivity index (χ0n) is 16.9. The maximum atomic E-state index is 12.9. The zero-order valence-corrected chi connectivity index (χ0v) is 18.5. The SMILES string of the molecule is COCCCn1c(SCC(=O)NC(C)c2ccccc2Cl)nc2ccccc2c1=O. The smallest absolute Gasteiger partial charge is 0.262 e. The van der Waals surface area contributed by atoms with Crippen LogP contribution in [-0.4, -0.2) is 34.9 Å². The highest BCUT2D eigenvalue weighted by Gasteiger charge is 2.15. The number of benzene rings is 2. The molecular formula is C22H24ClN3O3S. The van der Waals surface area contributed by atoms with Crippen LogP contribution in [0.15, 0.2) is 58.5 Å². The summed E-state index contributed by atoms with van der Waals surface area (Å²) in [6.45, 7) is 2.91. The molecule has 2 aromatic carbocycles. The van der Waals surface area contributed by atoms with Crippen molar-refractivity contribution >= 4 is 40.2 Å². The average molecular weight is 446 g/mol. The van der Waals surface area contributed by atoms with Gasteiger partial charge in [-0.1, -0.05) is 53.7 Å². The van der Waals surface area contributed by atoms with Crippen LogP contribution in [0.2, 0.25) is 5.02 Å². The van der Waals surface area contributed by atoms with Crippen molar-refractivity contribution in [2.45, 2.75) is 31.1 Å². The number of thioether (sulfide) groups is 1. The van der Waals surface area contributed by atoms with Crippen LogP contribution < -0.4 is 10.9 Å². The second-order valence-electron chi connectivity index (χ2n) is 6.81. The molecule has 6 nitrogen and oxygen atoms in total. The van der Waals surface area contributed by atoms with Crippen LogP contribution in [-0.2, 0) is 16.1 Å². The van der Waals surface area contributed by atoms with Gasteiger partial charge in [0, 0.05) is 25.3 Å². The van der Waals surface area contributed by atoms with Gasteiger partial charge in [0.25, 0.3) is 5.56 Å². The predicted octanol–water partition coefficient (Wildman–Crippen LogP) is 4.06. The third kappa shape index (κ3) is 5.41. The van der Waals surface area contributed by atoms with Crippen molar-refractivity contribution in [1.29, 1.82) is 0 Å². The largest absolute Gasteiger partial charge is 0.385 e. The maximum Gasteiger partial charge on any atom is 0.262 e. The third-order valence-electron chi connectivity index (χ3n) is 4.64. The minimum atomic E-state index is -0.222. The molecule has 1 amide bonds. The number of nitrogens with one attached hydrogen (secondary N) is 1. The normalized spacial score (nSPS) is 12.1. The zero-order chi connectivity index (χ0) is 21.5. The molecule has 8 heteroatoms. The van der Waals surface area contributed by atoms with E-state index in [0.717, 1.165) is 5.56 Å². The van der Waals surface area contributed by atoms with Crippen LogP contribution >= 0.6 is 23.4 Å². The number of hydrogen-bond acceptors (Lipinski definition) is 5. The van der Waals surface area contributed by atoms with Gasteiger partial charge in [-0.3, -0.25) is 14.2 Å². The molecule has 0 saturated carbocycles. The molecule has 0 saturated heterocycles. The number of halogens is 1. The quantitative estimate of drug-likeness (QED) is 0.305. The number of amides is 1. The van der Waals surface area contributed by atoms with Crippen LogP contribution in [0.4, 0.5) is 0 Å². The van der Waals surface area contributed by atoms with Gasteiger partial charge in [0.2, 0.25) is 5.91 Å². The molecule has 3 aromatic rings. The first-order valence-electron chi connectivity index (χ1n) is 9.66. The van der Waals surface area contributed by atoms with E-state index in [4.69, 9.17) is 16.3 Å². The van der Waals surface area contributed by atoms with Crippen molar-refractivity contribution in [3.05, 3.63) is 69.5 Å². The van der Waals surface area contributed by atoms with Gasteiger partial charge in [-0.05, 0) is 37.1 Å². The number of fused-ring (bicyclic) bond motifs is 1. The number of carbonyl (C=O) groups excluding carboxylic acids is 1. The molecule has 158 valence electrons. The first kappa shape index (κ1) is 22.3. The van der Waals surface area contributed by atoms with E-state index >= 15 is 0 Å². The Morgan fingerprint density at radius 3 is 2.73 bits per heavy atom. The van der Waals surface area contributed by atoms with Gasteiger partial charge in [-0.25, -0.2) is 4.98 Å². The molecule has 1 aromatic heterocycles. The lowest BCUT2D eigenvalue weighted by atomic mass is 10.1. The predicted molar refractivity (Wildman–Crippen MR) is 121 cm³/mol. The topological polar surface area (TPSA) is 73.2 Å². The molecule has 0 aliphatic heterocycles. The lowest BCUT2D eigenvalue weighted by molar-refractivity contribution is -0.119. The molecule has 1 heterocycles. The Labute approximate surface area is 184 Å². The highest BCUT2D eigenvalue weighted by molar-refractivity contribution is 7.99. The second-order valence-corrected chi connectivity index (χ2v) is 8.16. The molecule has 0 bridgehead atoms. The minimum absolute atomic E-state index is 0.107. The Hall–Kier alpha value is -2.35. The fourth-order valence-electron chi connectivity index (χ4n) is 3.14. The van der Waals surface area contributed by atoms with E-state index in [1.54, 1.807) is 29.9 Å². The van der Waals surface area contributed by atoms with Crippen molar-refractivity contribution in [3.8, 4) is 0 Å². The summed E-state index contributed by atoms with van der Waals surface area (Å²) in [6.07, 6.45) is 0.680. The summed E-state index contributed by atoms with van der Waals surface area (Å²) in [4.78, 5) is 30.1. The Kier molecular flexibility index (Phi) is 7.90. The Morgan fingerprint density at radius 1 is 1.23 bits per heavy atom. The highest BCUT2D eigenvalue weighted by atomic mass is 35.5. The molecule has 1 N–H and O–H groups in total. The van der Waals surface area contributed by atoms with Crippen molar-refractivity contribution in [1.82, 2.24) is 14.9 Å². The standard InChI is InChI=1S/C22H24ClN3O3S/c1-15(16-8-3-5-10-18(16)23)24-20(27)14-30-22-25-19-11-6-4-9-17(19)21(28)26(22)12-7-13-29-2/h3-6,8-11,15H,7,12-14H2,1-2H3,(H,24,27). The highest BCUT2D eigenvalue weighted by Crippen LogP contribution is 2.23. The number of nitrogens with zero attached hydrogens (tertiary/aromatic N) is 2. The summed E-state index contributed by atoms with van der Waals surface area (Å²) in [5.74, 6) is -0.0117. The number of hydrogen-bond donors (Lipinski definition) is 1. The minimum Gasteiger partial charge on any atom is -0.385 e. The summed E-state index contributed by atoms with van der Waals surface area (Å²) in [5, 5.41) is 4.65. The molecule has 0 aliphatic rings. The summed E-state index contributed by atoms with van der Waals surface area (Å²) < 4.78 is 6.73. The summed E-state index contributed by atoms with van der Waals surface area (Å²) in [6, 6.07) is 14.4. The molecule has 1 unspecified atom stereocenters. The lowest BCUT2D eigenvalue weighted by Gasteiger charge is -2.16. The van der Waals surface area contributed by atoms with Gasteiger partial charge in [-0.2, -0.15) is 0 Å². The number of methoxy groups -OCH3 is 1. The van der Waals surface area contributed by atoms with Gasteiger partial charge in [0.1, 0.15) is 0 Å². The molecule has 1 atom stereocenters. The van der Waals surface area contributed by atoms with Crippen LogP contribution in [0, 0.1) is 0 Å². The number of para-hydroxylation sites is 1. The lowest BCUT2D eigenvalue weighted by Crippen LogP contribution is -2.29. The number of aromatic nitrogens is 2. The van der Waals surface area contributed by atoms with Crippen LogP contribution in [0.1, 0.15) is 24.9 Å². The van der Waals surface area contributed by atoms with Gasteiger partial charge in [-0.15, -0.1) is 0 Å². The van der Waals surface area contributed by atoms with Crippen LogP contribution in [0.25, 0.3) is 10.9 Å². The second kappa shape index (κ2) is 10.6. The van der Waals surface area contributed by atoms with E-state index in [0.29, 0.717) is 40.7 Å². The van der Waals surface area contributed by atoms with Gasteiger partial charge in [0.15, 0.2) is 5.16 Å².